The maximum Gasteiger partial charge on any atom is 0.123 e. The second-order valence-corrected chi connectivity index (χ2v) is 6.60. The molecule has 0 radical (unpaired) electrons. The zero-order valence-corrected chi connectivity index (χ0v) is 14.7. The lowest BCUT2D eigenvalue weighted by molar-refractivity contribution is -0.0283. The highest BCUT2D eigenvalue weighted by Gasteiger charge is 2.28. The van der Waals surface area contributed by atoms with Gasteiger partial charge in [0.25, 0.3) is 0 Å². The lowest BCUT2D eigenvalue weighted by Gasteiger charge is -2.32. The summed E-state index contributed by atoms with van der Waals surface area (Å²) >= 11 is 0. The zero-order chi connectivity index (χ0) is 16.9. The Kier molecular flexibility index (Phi) is 5.53. The Morgan fingerprint density at radius 2 is 2.33 bits per heavy atom. The molecule has 2 aromatic rings. The van der Waals surface area contributed by atoms with Gasteiger partial charge in [-0.25, -0.2) is 0 Å². The summed E-state index contributed by atoms with van der Waals surface area (Å²) in [4.78, 5) is 0. The lowest BCUT2D eigenvalue weighted by Crippen LogP contribution is -2.33. The van der Waals surface area contributed by atoms with Crippen molar-refractivity contribution in [1.82, 2.24) is 15.5 Å². The molecule has 0 amide bonds. The number of H-pyrrole nitrogens is 1. The fourth-order valence-corrected chi connectivity index (χ4v) is 3.47. The molecule has 3 atom stereocenters. The van der Waals surface area contributed by atoms with Crippen LogP contribution in [0, 0.1) is 12.8 Å². The maximum absolute atomic E-state index is 6.01. The van der Waals surface area contributed by atoms with Crippen LogP contribution in [0.2, 0.25) is 0 Å². The lowest BCUT2D eigenvalue weighted by atomic mass is 9.90. The van der Waals surface area contributed by atoms with Crippen molar-refractivity contribution >= 4 is 0 Å². The average molecular weight is 329 g/mol. The van der Waals surface area contributed by atoms with Gasteiger partial charge in [0, 0.05) is 42.4 Å². The summed E-state index contributed by atoms with van der Waals surface area (Å²) in [5.41, 5.74) is 3.59. The minimum atomic E-state index is 0.122. The van der Waals surface area contributed by atoms with Crippen molar-refractivity contribution in [1.29, 1.82) is 0 Å². The molecule has 5 heteroatoms. The molecule has 1 aliphatic rings. The van der Waals surface area contributed by atoms with Gasteiger partial charge >= 0.3 is 0 Å². The van der Waals surface area contributed by atoms with Gasteiger partial charge in [0.05, 0.1) is 19.4 Å². The Morgan fingerprint density at radius 3 is 3.08 bits per heavy atom. The summed E-state index contributed by atoms with van der Waals surface area (Å²) in [5.74, 6) is 1.39. The Morgan fingerprint density at radius 1 is 1.46 bits per heavy atom. The highest BCUT2D eigenvalue weighted by atomic mass is 16.5. The molecule has 1 aromatic carbocycles. The largest absolute Gasteiger partial charge is 0.496 e. The van der Waals surface area contributed by atoms with E-state index in [1.807, 2.05) is 18.5 Å². The van der Waals surface area contributed by atoms with Crippen LogP contribution in [0.25, 0.3) is 0 Å². The molecule has 1 unspecified atom stereocenters. The molecule has 3 rings (SSSR count). The Bertz CT molecular complexity index is 642. The van der Waals surface area contributed by atoms with Crippen molar-refractivity contribution in [3.05, 3.63) is 47.3 Å². The van der Waals surface area contributed by atoms with Crippen LogP contribution in [-0.4, -0.2) is 30.5 Å². The Labute approximate surface area is 143 Å². The van der Waals surface area contributed by atoms with Gasteiger partial charge in [0.15, 0.2) is 0 Å². The number of aromatic nitrogens is 2. The van der Waals surface area contributed by atoms with E-state index in [0.717, 1.165) is 30.9 Å². The highest BCUT2D eigenvalue weighted by Crippen LogP contribution is 2.33. The van der Waals surface area contributed by atoms with Gasteiger partial charge in [-0.15, -0.1) is 0 Å². The van der Waals surface area contributed by atoms with Crippen LogP contribution in [0.4, 0.5) is 0 Å². The SMILES string of the molecule is COc1ccc(C)cc1C(C)NC[C@@H]1CCCO[C@H]1c1cn[nH]c1. The predicted molar refractivity (Wildman–Crippen MR) is 94.2 cm³/mol. The van der Waals surface area contributed by atoms with Gasteiger partial charge in [-0.1, -0.05) is 17.7 Å². The summed E-state index contributed by atoms with van der Waals surface area (Å²) in [5, 5.41) is 10.6. The van der Waals surface area contributed by atoms with E-state index in [4.69, 9.17) is 9.47 Å². The second kappa shape index (κ2) is 7.81. The number of rotatable bonds is 6. The third kappa shape index (κ3) is 3.79. The molecule has 130 valence electrons. The standard InChI is InChI=1S/C19H27N3O2/c1-13-6-7-18(23-3)17(9-13)14(2)20-10-15-5-4-8-24-19(15)16-11-21-22-12-16/h6-7,9,11-12,14-15,19-20H,4-5,8,10H2,1-3H3,(H,21,22)/t14?,15-,19+/m0/s1. The van der Waals surface area contributed by atoms with Crippen molar-refractivity contribution in [3.8, 4) is 5.75 Å². The first kappa shape index (κ1) is 17.0. The number of aryl methyl sites for hydroxylation is 1. The first-order valence-corrected chi connectivity index (χ1v) is 8.67. The van der Waals surface area contributed by atoms with Gasteiger partial charge in [-0.05, 0) is 32.8 Å². The molecule has 1 aliphatic heterocycles. The van der Waals surface area contributed by atoms with Crippen LogP contribution >= 0.6 is 0 Å². The van der Waals surface area contributed by atoms with Gasteiger partial charge in [-0.3, -0.25) is 5.10 Å². The van der Waals surface area contributed by atoms with Gasteiger partial charge in [-0.2, -0.15) is 5.10 Å². The summed E-state index contributed by atoms with van der Waals surface area (Å²) < 4.78 is 11.5. The molecule has 0 saturated carbocycles. The minimum absolute atomic E-state index is 0.122. The number of methoxy groups -OCH3 is 1. The van der Waals surface area contributed by atoms with E-state index >= 15 is 0 Å². The van der Waals surface area contributed by atoms with Crippen molar-refractivity contribution in [3.63, 3.8) is 0 Å². The molecule has 2 N–H and O–H groups in total. The van der Waals surface area contributed by atoms with E-state index in [-0.39, 0.29) is 12.1 Å². The summed E-state index contributed by atoms with van der Waals surface area (Å²) in [6, 6.07) is 6.55. The summed E-state index contributed by atoms with van der Waals surface area (Å²) in [6.45, 7) is 6.04. The topological polar surface area (TPSA) is 59.2 Å². The summed E-state index contributed by atoms with van der Waals surface area (Å²) in [7, 11) is 1.73. The normalized spacial score (nSPS) is 22.3. The average Bonchev–Trinajstić information content (AvgIpc) is 3.14. The number of hydrogen-bond donors (Lipinski definition) is 2. The fourth-order valence-electron chi connectivity index (χ4n) is 3.47. The second-order valence-electron chi connectivity index (χ2n) is 6.60. The number of ether oxygens (including phenoxy) is 2. The van der Waals surface area contributed by atoms with Crippen LogP contribution in [-0.2, 0) is 4.74 Å². The number of benzene rings is 1. The monoisotopic (exact) mass is 329 g/mol. The third-order valence-electron chi connectivity index (χ3n) is 4.83. The van der Waals surface area contributed by atoms with E-state index in [0.29, 0.717) is 5.92 Å². The first-order valence-electron chi connectivity index (χ1n) is 8.67. The molecule has 0 spiro atoms. The van der Waals surface area contributed by atoms with Crippen LogP contribution in [0.15, 0.2) is 30.6 Å². The van der Waals surface area contributed by atoms with E-state index in [1.54, 1.807) is 7.11 Å². The van der Waals surface area contributed by atoms with Crippen molar-refractivity contribution in [2.24, 2.45) is 5.92 Å². The van der Waals surface area contributed by atoms with E-state index in [1.165, 1.54) is 17.5 Å². The Hall–Kier alpha value is -1.85. The quantitative estimate of drug-likeness (QED) is 0.851. The van der Waals surface area contributed by atoms with Crippen molar-refractivity contribution < 1.29 is 9.47 Å². The molecule has 2 heterocycles. The van der Waals surface area contributed by atoms with Gasteiger partial charge < -0.3 is 14.8 Å². The van der Waals surface area contributed by atoms with Crippen LogP contribution in [0.1, 0.15) is 48.6 Å². The van der Waals surface area contributed by atoms with Gasteiger partial charge in [0.1, 0.15) is 5.75 Å². The number of nitrogens with zero attached hydrogens (tertiary/aromatic N) is 1. The van der Waals surface area contributed by atoms with Crippen LogP contribution in [0.3, 0.4) is 0 Å². The van der Waals surface area contributed by atoms with Gasteiger partial charge in [0.2, 0.25) is 0 Å². The molecule has 24 heavy (non-hydrogen) atoms. The molecule has 1 aromatic heterocycles. The zero-order valence-electron chi connectivity index (χ0n) is 14.7. The smallest absolute Gasteiger partial charge is 0.123 e. The van der Waals surface area contributed by atoms with E-state index in [9.17, 15) is 0 Å². The minimum Gasteiger partial charge on any atom is -0.496 e. The molecular formula is C19H27N3O2. The number of aromatic amines is 1. The molecule has 0 bridgehead atoms. The maximum atomic E-state index is 6.01. The molecule has 0 aliphatic carbocycles. The number of hydrogen-bond acceptors (Lipinski definition) is 4. The highest BCUT2D eigenvalue weighted by molar-refractivity contribution is 5.38. The first-order chi connectivity index (χ1) is 11.7. The van der Waals surface area contributed by atoms with E-state index in [2.05, 4.69) is 41.5 Å². The fraction of sp³-hybridized carbons (Fsp3) is 0.526. The Balaban J connectivity index is 1.66. The van der Waals surface area contributed by atoms with Crippen molar-refractivity contribution in [2.45, 2.75) is 38.8 Å². The van der Waals surface area contributed by atoms with Crippen molar-refractivity contribution in [2.75, 3.05) is 20.3 Å². The van der Waals surface area contributed by atoms with Crippen LogP contribution < -0.4 is 10.1 Å². The van der Waals surface area contributed by atoms with E-state index < -0.39 is 0 Å². The van der Waals surface area contributed by atoms with Crippen LogP contribution in [0.5, 0.6) is 5.75 Å². The molecule has 1 fully saturated rings. The molecule has 5 nitrogen and oxygen atoms in total. The molecule has 1 saturated heterocycles. The summed E-state index contributed by atoms with van der Waals surface area (Å²) in [6.07, 6.45) is 6.21. The predicted octanol–water partition coefficient (Wildman–Crippen LogP) is 3.55. The molecular weight excluding hydrogens is 302 g/mol. The number of nitrogens with one attached hydrogen (secondary N) is 2. The third-order valence-corrected chi connectivity index (χ3v) is 4.83.